The summed E-state index contributed by atoms with van der Waals surface area (Å²) in [5.41, 5.74) is 4.88. The molecule has 0 radical (unpaired) electrons. The number of benzene rings is 1. The van der Waals surface area contributed by atoms with E-state index in [0.717, 1.165) is 25.0 Å². The van der Waals surface area contributed by atoms with Crippen LogP contribution >= 0.6 is 0 Å². The van der Waals surface area contributed by atoms with E-state index >= 15 is 0 Å². The summed E-state index contributed by atoms with van der Waals surface area (Å²) in [6.45, 7) is 2.39. The fourth-order valence-electron chi connectivity index (χ4n) is 2.33. The third-order valence-electron chi connectivity index (χ3n) is 3.72. The van der Waals surface area contributed by atoms with Gasteiger partial charge in [0.2, 0.25) is 10.0 Å². The normalized spacial score (nSPS) is 18.4. The van der Waals surface area contributed by atoms with E-state index < -0.39 is 32.1 Å². The summed E-state index contributed by atoms with van der Waals surface area (Å²) in [5, 5.41) is 0. The van der Waals surface area contributed by atoms with Crippen molar-refractivity contribution >= 4 is 10.0 Å². The van der Waals surface area contributed by atoms with Gasteiger partial charge in [-0.25, -0.2) is 17.2 Å². The molecular formula is C13H18F2N2O2S. The van der Waals surface area contributed by atoms with Crippen molar-refractivity contribution in [2.75, 3.05) is 13.1 Å². The Morgan fingerprint density at radius 2 is 1.90 bits per heavy atom. The zero-order valence-corrected chi connectivity index (χ0v) is 12.1. The van der Waals surface area contributed by atoms with Crippen molar-refractivity contribution in [2.24, 2.45) is 11.7 Å². The summed E-state index contributed by atoms with van der Waals surface area (Å²) in [4.78, 5) is -0.492. The van der Waals surface area contributed by atoms with Crippen molar-refractivity contribution < 1.29 is 17.2 Å². The number of piperidine rings is 1. The molecule has 0 saturated carbocycles. The third-order valence-corrected chi connectivity index (χ3v) is 5.63. The van der Waals surface area contributed by atoms with Crippen LogP contribution in [0.3, 0.4) is 0 Å². The van der Waals surface area contributed by atoms with Crippen LogP contribution in [-0.4, -0.2) is 25.8 Å². The first-order chi connectivity index (χ1) is 9.37. The van der Waals surface area contributed by atoms with Crippen LogP contribution in [0.4, 0.5) is 8.78 Å². The highest BCUT2D eigenvalue weighted by atomic mass is 32.2. The maximum Gasteiger partial charge on any atom is 0.245 e. The SMILES string of the molecule is CC1CCN(S(=O)(=O)c2ccc(F)c(CN)c2F)CC1. The zero-order valence-electron chi connectivity index (χ0n) is 11.3. The lowest BCUT2D eigenvalue weighted by Crippen LogP contribution is -2.38. The standard InChI is InChI=1S/C13H18F2N2O2S/c1-9-4-6-17(7-5-9)20(18,19)12-3-2-11(14)10(8-16)13(12)15/h2-3,9H,4-8,16H2,1H3. The highest BCUT2D eigenvalue weighted by Crippen LogP contribution is 2.27. The van der Waals surface area contributed by atoms with E-state index in [-0.39, 0.29) is 6.54 Å². The summed E-state index contributed by atoms with van der Waals surface area (Å²) < 4.78 is 53.6. The van der Waals surface area contributed by atoms with E-state index in [0.29, 0.717) is 19.0 Å². The zero-order chi connectivity index (χ0) is 14.9. The van der Waals surface area contributed by atoms with Crippen molar-refractivity contribution in [1.29, 1.82) is 0 Å². The van der Waals surface area contributed by atoms with Gasteiger partial charge in [0, 0.05) is 25.2 Å². The molecule has 2 N–H and O–H groups in total. The molecule has 1 fully saturated rings. The second-order valence-corrected chi connectivity index (χ2v) is 7.04. The van der Waals surface area contributed by atoms with Crippen LogP contribution in [0.25, 0.3) is 0 Å². The maximum atomic E-state index is 14.1. The van der Waals surface area contributed by atoms with Gasteiger partial charge in [0.25, 0.3) is 0 Å². The topological polar surface area (TPSA) is 63.4 Å². The molecule has 0 aliphatic carbocycles. The van der Waals surface area contributed by atoms with Gasteiger partial charge < -0.3 is 5.73 Å². The van der Waals surface area contributed by atoms with Gasteiger partial charge in [0.05, 0.1) is 0 Å². The fourth-order valence-corrected chi connectivity index (χ4v) is 3.89. The second-order valence-electron chi connectivity index (χ2n) is 5.13. The molecule has 0 atom stereocenters. The molecule has 1 aliphatic rings. The number of hydrogen-bond donors (Lipinski definition) is 1. The first kappa shape index (κ1) is 15.3. The molecule has 1 saturated heterocycles. The minimum Gasteiger partial charge on any atom is -0.326 e. The largest absolute Gasteiger partial charge is 0.326 e. The molecule has 4 nitrogen and oxygen atoms in total. The van der Waals surface area contributed by atoms with Crippen molar-refractivity contribution in [3.05, 3.63) is 29.3 Å². The van der Waals surface area contributed by atoms with E-state index in [1.54, 1.807) is 0 Å². The number of nitrogens with two attached hydrogens (primary N) is 1. The van der Waals surface area contributed by atoms with Crippen molar-refractivity contribution in [3.8, 4) is 0 Å². The van der Waals surface area contributed by atoms with Gasteiger partial charge in [0.1, 0.15) is 10.7 Å². The first-order valence-corrected chi connectivity index (χ1v) is 7.99. The van der Waals surface area contributed by atoms with Crippen LogP contribution in [0.15, 0.2) is 17.0 Å². The molecule has 1 aromatic rings. The molecule has 20 heavy (non-hydrogen) atoms. The molecule has 0 spiro atoms. The summed E-state index contributed by atoms with van der Waals surface area (Å²) in [5.74, 6) is -1.44. The number of rotatable bonds is 3. The van der Waals surface area contributed by atoms with Crippen LogP contribution in [0.2, 0.25) is 0 Å². The maximum absolute atomic E-state index is 14.1. The van der Waals surface area contributed by atoms with Gasteiger partial charge in [0.15, 0.2) is 5.82 Å². The molecule has 0 bridgehead atoms. The molecule has 2 rings (SSSR count). The van der Waals surface area contributed by atoms with Gasteiger partial charge in [-0.15, -0.1) is 0 Å². The predicted molar refractivity (Wildman–Crippen MR) is 71.4 cm³/mol. The lowest BCUT2D eigenvalue weighted by Gasteiger charge is -2.29. The number of nitrogens with zero attached hydrogens (tertiary/aromatic N) is 1. The molecule has 1 aromatic carbocycles. The summed E-state index contributed by atoms with van der Waals surface area (Å²) in [6.07, 6.45) is 1.48. The van der Waals surface area contributed by atoms with E-state index in [2.05, 4.69) is 6.92 Å². The Hall–Kier alpha value is -1.05. The molecular weight excluding hydrogens is 286 g/mol. The first-order valence-electron chi connectivity index (χ1n) is 6.55. The average Bonchev–Trinajstić information content (AvgIpc) is 2.39. The van der Waals surface area contributed by atoms with Crippen molar-refractivity contribution in [1.82, 2.24) is 4.31 Å². The Morgan fingerprint density at radius 3 is 2.45 bits per heavy atom. The van der Waals surface area contributed by atoms with Gasteiger partial charge >= 0.3 is 0 Å². The number of sulfonamides is 1. The fraction of sp³-hybridized carbons (Fsp3) is 0.538. The molecule has 1 heterocycles. The molecule has 0 unspecified atom stereocenters. The van der Waals surface area contributed by atoms with Crippen LogP contribution in [0.5, 0.6) is 0 Å². The van der Waals surface area contributed by atoms with E-state index in [4.69, 9.17) is 5.73 Å². The highest BCUT2D eigenvalue weighted by molar-refractivity contribution is 7.89. The van der Waals surface area contributed by atoms with Crippen LogP contribution in [0.1, 0.15) is 25.3 Å². The van der Waals surface area contributed by atoms with Crippen LogP contribution in [0, 0.1) is 17.6 Å². The highest BCUT2D eigenvalue weighted by Gasteiger charge is 2.31. The number of halogens is 2. The Kier molecular flexibility index (Phi) is 4.41. The lowest BCUT2D eigenvalue weighted by atomic mass is 10.0. The van der Waals surface area contributed by atoms with Gasteiger partial charge in [-0.3, -0.25) is 0 Å². The van der Waals surface area contributed by atoms with Gasteiger partial charge in [-0.05, 0) is 30.9 Å². The average molecular weight is 304 g/mol. The summed E-state index contributed by atoms with van der Waals surface area (Å²) in [6, 6.07) is 1.92. The minimum absolute atomic E-state index is 0.359. The van der Waals surface area contributed by atoms with E-state index in [1.807, 2.05) is 0 Å². The minimum atomic E-state index is -3.93. The summed E-state index contributed by atoms with van der Waals surface area (Å²) in [7, 11) is -3.93. The predicted octanol–water partition coefficient (Wildman–Crippen LogP) is 1.84. The molecule has 7 heteroatoms. The third kappa shape index (κ3) is 2.70. The van der Waals surface area contributed by atoms with Gasteiger partial charge in [-0.2, -0.15) is 4.31 Å². The Bertz CT molecular complexity index is 597. The quantitative estimate of drug-likeness (QED) is 0.927. The Morgan fingerprint density at radius 1 is 1.30 bits per heavy atom. The Balaban J connectivity index is 2.40. The molecule has 0 aromatic heterocycles. The van der Waals surface area contributed by atoms with E-state index in [9.17, 15) is 17.2 Å². The van der Waals surface area contributed by atoms with Crippen molar-refractivity contribution in [3.63, 3.8) is 0 Å². The molecule has 112 valence electrons. The number of hydrogen-bond acceptors (Lipinski definition) is 3. The van der Waals surface area contributed by atoms with E-state index in [1.165, 1.54) is 4.31 Å². The van der Waals surface area contributed by atoms with Crippen LogP contribution in [-0.2, 0) is 16.6 Å². The Labute approximate surface area is 117 Å². The lowest BCUT2D eigenvalue weighted by molar-refractivity contribution is 0.287. The molecule has 1 aliphatic heterocycles. The summed E-state index contributed by atoms with van der Waals surface area (Å²) >= 11 is 0. The van der Waals surface area contributed by atoms with Gasteiger partial charge in [-0.1, -0.05) is 6.92 Å². The van der Waals surface area contributed by atoms with Crippen LogP contribution < -0.4 is 5.73 Å². The smallest absolute Gasteiger partial charge is 0.245 e. The molecule has 0 amide bonds. The second kappa shape index (κ2) is 5.75. The van der Waals surface area contributed by atoms with Crippen molar-refractivity contribution in [2.45, 2.75) is 31.2 Å². The monoisotopic (exact) mass is 304 g/mol.